The molecule has 0 atom stereocenters. The SMILES string of the molecule is Cc1ccc(S(=O)(=O)Nc2cc(Cl)ccc2N2CCN(C(=O)C=Cc3ccccc3)CC2)cc1. The van der Waals surface area contributed by atoms with Crippen molar-refractivity contribution in [3.8, 4) is 0 Å². The second-order valence-electron chi connectivity index (χ2n) is 8.14. The lowest BCUT2D eigenvalue weighted by Gasteiger charge is -2.36. The van der Waals surface area contributed by atoms with Crippen molar-refractivity contribution < 1.29 is 13.2 Å². The maximum absolute atomic E-state index is 13.0. The van der Waals surface area contributed by atoms with E-state index in [1.807, 2.05) is 49.4 Å². The van der Waals surface area contributed by atoms with Gasteiger partial charge in [0.25, 0.3) is 10.0 Å². The Balaban J connectivity index is 1.46. The van der Waals surface area contributed by atoms with Crippen molar-refractivity contribution in [1.29, 1.82) is 0 Å². The van der Waals surface area contributed by atoms with Crippen LogP contribution in [0.25, 0.3) is 6.08 Å². The van der Waals surface area contributed by atoms with E-state index in [0.717, 1.165) is 16.8 Å². The average molecular weight is 496 g/mol. The first kappa shape index (κ1) is 23.9. The third-order valence-electron chi connectivity index (χ3n) is 5.68. The van der Waals surface area contributed by atoms with Gasteiger partial charge in [0.1, 0.15) is 0 Å². The fraction of sp³-hybridized carbons (Fsp3) is 0.192. The molecule has 0 radical (unpaired) electrons. The fourth-order valence-corrected chi connectivity index (χ4v) is 5.03. The molecule has 1 aliphatic rings. The number of carbonyl (C=O) groups is 1. The van der Waals surface area contributed by atoms with Crippen LogP contribution < -0.4 is 9.62 Å². The van der Waals surface area contributed by atoms with Gasteiger partial charge in [0.15, 0.2) is 0 Å². The molecular weight excluding hydrogens is 470 g/mol. The number of anilines is 2. The first-order valence-electron chi connectivity index (χ1n) is 11.0. The lowest BCUT2D eigenvalue weighted by Crippen LogP contribution is -2.48. The average Bonchev–Trinajstić information content (AvgIpc) is 2.83. The Morgan fingerprint density at radius 2 is 1.62 bits per heavy atom. The maximum atomic E-state index is 13.0. The van der Waals surface area contributed by atoms with Crippen LogP contribution in [0.5, 0.6) is 0 Å². The minimum Gasteiger partial charge on any atom is -0.366 e. The molecule has 1 saturated heterocycles. The van der Waals surface area contributed by atoms with Crippen LogP contribution in [0.3, 0.4) is 0 Å². The molecule has 1 fully saturated rings. The summed E-state index contributed by atoms with van der Waals surface area (Å²) in [7, 11) is -3.77. The molecule has 176 valence electrons. The molecule has 4 rings (SSSR count). The van der Waals surface area contributed by atoms with Crippen LogP contribution in [0.1, 0.15) is 11.1 Å². The standard InChI is InChI=1S/C26H26ClN3O3S/c1-20-7-11-23(12-8-20)34(32,33)28-24-19-22(27)10-13-25(24)29-15-17-30(18-16-29)26(31)14-9-21-5-3-2-4-6-21/h2-14,19,28H,15-18H2,1H3. The third-order valence-corrected chi connectivity index (χ3v) is 7.30. The smallest absolute Gasteiger partial charge is 0.261 e. The van der Waals surface area contributed by atoms with Crippen molar-refractivity contribution in [2.45, 2.75) is 11.8 Å². The van der Waals surface area contributed by atoms with Gasteiger partial charge in [-0.25, -0.2) is 8.42 Å². The van der Waals surface area contributed by atoms with Crippen molar-refractivity contribution >= 4 is 45.0 Å². The number of nitrogens with zero attached hydrogens (tertiary/aromatic N) is 2. The van der Waals surface area contributed by atoms with Crippen molar-refractivity contribution in [1.82, 2.24) is 4.90 Å². The Morgan fingerprint density at radius 1 is 0.941 bits per heavy atom. The van der Waals surface area contributed by atoms with E-state index in [4.69, 9.17) is 11.6 Å². The summed E-state index contributed by atoms with van der Waals surface area (Å²) >= 11 is 6.19. The quantitative estimate of drug-likeness (QED) is 0.498. The summed E-state index contributed by atoms with van der Waals surface area (Å²) < 4.78 is 28.6. The second kappa shape index (κ2) is 10.3. The van der Waals surface area contributed by atoms with E-state index in [2.05, 4.69) is 9.62 Å². The number of aryl methyl sites for hydroxylation is 1. The minimum absolute atomic E-state index is 0.0418. The molecule has 0 saturated carbocycles. The molecule has 0 aromatic heterocycles. The van der Waals surface area contributed by atoms with Crippen LogP contribution in [-0.2, 0) is 14.8 Å². The van der Waals surface area contributed by atoms with Crippen LogP contribution in [0.4, 0.5) is 11.4 Å². The third kappa shape index (κ3) is 5.79. The monoisotopic (exact) mass is 495 g/mol. The molecule has 3 aromatic rings. The van der Waals surface area contributed by atoms with Gasteiger partial charge < -0.3 is 9.80 Å². The second-order valence-corrected chi connectivity index (χ2v) is 10.3. The molecule has 1 N–H and O–H groups in total. The van der Waals surface area contributed by atoms with Gasteiger partial charge in [-0.15, -0.1) is 0 Å². The zero-order valence-corrected chi connectivity index (χ0v) is 20.4. The lowest BCUT2D eigenvalue weighted by molar-refractivity contribution is -0.126. The van der Waals surface area contributed by atoms with Gasteiger partial charge in [-0.2, -0.15) is 0 Å². The van der Waals surface area contributed by atoms with Crippen LogP contribution in [-0.4, -0.2) is 45.4 Å². The number of hydrogen-bond acceptors (Lipinski definition) is 4. The Morgan fingerprint density at radius 3 is 2.29 bits per heavy atom. The van der Waals surface area contributed by atoms with Crippen molar-refractivity contribution in [3.63, 3.8) is 0 Å². The number of carbonyl (C=O) groups excluding carboxylic acids is 1. The van der Waals surface area contributed by atoms with Gasteiger partial charge >= 0.3 is 0 Å². The molecule has 0 bridgehead atoms. The van der Waals surface area contributed by atoms with Gasteiger partial charge in [0, 0.05) is 37.3 Å². The first-order chi connectivity index (χ1) is 16.3. The summed E-state index contributed by atoms with van der Waals surface area (Å²) in [6.07, 6.45) is 3.40. The van der Waals surface area contributed by atoms with Crippen molar-refractivity contribution in [3.05, 3.63) is 95.0 Å². The Hall–Kier alpha value is -3.29. The Kier molecular flexibility index (Phi) is 7.24. The number of halogens is 1. The number of amides is 1. The van der Waals surface area contributed by atoms with Gasteiger partial charge in [-0.3, -0.25) is 9.52 Å². The molecule has 1 heterocycles. The maximum Gasteiger partial charge on any atom is 0.261 e. The van der Waals surface area contributed by atoms with Gasteiger partial charge in [-0.1, -0.05) is 59.6 Å². The topological polar surface area (TPSA) is 69.7 Å². The molecule has 34 heavy (non-hydrogen) atoms. The number of piperazine rings is 1. The minimum atomic E-state index is -3.77. The first-order valence-corrected chi connectivity index (χ1v) is 12.8. The lowest BCUT2D eigenvalue weighted by atomic mass is 10.2. The molecule has 0 spiro atoms. The van der Waals surface area contributed by atoms with Crippen LogP contribution >= 0.6 is 11.6 Å². The van der Waals surface area contributed by atoms with E-state index in [1.165, 1.54) is 0 Å². The van der Waals surface area contributed by atoms with E-state index >= 15 is 0 Å². The van der Waals surface area contributed by atoms with E-state index < -0.39 is 10.0 Å². The molecule has 1 aliphatic heterocycles. The summed E-state index contributed by atoms with van der Waals surface area (Å²) in [6.45, 7) is 4.12. The summed E-state index contributed by atoms with van der Waals surface area (Å²) in [5.74, 6) is -0.0418. The van der Waals surface area contributed by atoms with Crippen molar-refractivity contribution in [2.24, 2.45) is 0 Å². The summed E-state index contributed by atoms with van der Waals surface area (Å²) in [5, 5.41) is 0.435. The highest BCUT2D eigenvalue weighted by Gasteiger charge is 2.23. The predicted molar refractivity (Wildman–Crippen MR) is 138 cm³/mol. The van der Waals surface area contributed by atoms with Gasteiger partial charge in [0.05, 0.1) is 16.3 Å². The van der Waals surface area contributed by atoms with Crippen LogP contribution in [0.2, 0.25) is 5.02 Å². The predicted octanol–water partition coefficient (Wildman–Crippen LogP) is 4.81. The summed E-state index contributed by atoms with van der Waals surface area (Å²) in [4.78, 5) is 16.6. The summed E-state index contributed by atoms with van der Waals surface area (Å²) in [6, 6.07) is 21.5. The Bertz CT molecular complexity index is 1280. The molecule has 0 unspecified atom stereocenters. The van der Waals surface area contributed by atoms with Crippen LogP contribution in [0.15, 0.2) is 83.8 Å². The van der Waals surface area contributed by atoms with Gasteiger partial charge in [0.2, 0.25) is 5.91 Å². The number of benzene rings is 3. The molecule has 3 aromatic carbocycles. The highest BCUT2D eigenvalue weighted by molar-refractivity contribution is 7.92. The molecule has 1 amide bonds. The van der Waals surface area contributed by atoms with E-state index in [9.17, 15) is 13.2 Å². The number of nitrogens with one attached hydrogen (secondary N) is 1. The highest BCUT2D eigenvalue weighted by atomic mass is 35.5. The van der Waals surface area contributed by atoms with Crippen LogP contribution in [0, 0.1) is 6.92 Å². The normalized spacial score (nSPS) is 14.4. The van der Waals surface area contributed by atoms with E-state index in [1.54, 1.807) is 47.4 Å². The molecular formula is C26H26ClN3O3S. The zero-order chi connectivity index (χ0) is 24.1. The zero-order valence-electron chi connectivity index (χ0n) is 18.8. The van der Waals surface area contributed by atoms with Crippen molar-refractivity contribution in [2.75, 3.05) is 35.8 Å². The molecule has 0 aliphatic carbocycles. The molecule has 6 nitrogen and oxygen atoms in total. The largest absolute Gasteiger partial charge is 0.366 e. The number of sulfonamides is 1. The Labute approximate surface area is 205 Å². The van der Waals surface area contributed by atoms with E-state index in [-0.39, 0.29) is 10.8 Å². The van der Waals surface area contributed by atoms with E-state index in [0.29, 0.717) is 36.9 Å². The highest BCUT2D eigenvalue weighted by Crippen LogP contribution is 2.32. The number of rotatable bonds is 6. The molecule has 8 heteroatoms. The number of hydrogen-bond donors (Lipinski definition) is 1. The summed E-state index contributed by atoms with van der Waals surface area (Å²) in [5.41, 5.74) is 3.10. The van der Waals surface area contributed by atoms with Gasteiger partial charge in [-0.05, 0) is 48.9 Å². The fourth-order valence-electron chi connectivity index (χ4n) is 3.79.